The Hall–Kier alpha value is -1.59. The number of hydrogen-bond acceptors (Lipinski definition) is 4. The Morgan fingerprint density at radius 2 is 2.11 bits per heavy atom. The summed E-state index contributed by atoms with van der Waals surface area (Å²) in [6.45, 7) is 0. The molecule has 0 amide bonds. The minimum atomic E-state index is -0.754. The second kappa shape index (κ2) is 6.04. The highest BCUT2D eigenvalue weighted by molar-refractivity contribution is 7.10. The summed E-state index contributed by atoms with van der Waals surface area (Å²) in [6.07, 6.45) is -0.553. The fourth-order valence-corrected chi connectivity index (χ4v) is 2.64. The van der Waals surface area contributed by atoms with Crippen LogP contribution in [0.1, 0.15) is 16.5 Å². The molecule has 0 bridgehead atoms. The van der Waals surface area contributed by atoms with Crippen LogP contribution in [0.4, 0.5) is 4.39 Å². The first-order chi connectivity index (χ1) is 9.15. The lowest BCUT2D eigenvalue weighted by atomic mass is 10.1. The molecule has 2 aromatic rings. The van der Waals surface area contributed by atoms with Crippen molar-refractivity contribution < 1.29 is 19.0 Å². The number of aliphatic hydroxyl groups is 1. The van der Waals surface area contributed by atoms with Crippen molar-refractivity contribution in [3.8, 4) is 11.5 Å². The number of thiophene rings is 1. The van der Waals surface area contributed by atoms with E-state index in [0.29, 0.717) is 11.3 Å². The molecule has 1 unspecified atom stereocenters. The number of halogens is 1. The molecule has 1 aromatic carbocycles. The van der Waals surface area contributed by atoms with Crippen molar-refractivity contribution >= 4 is 11.3 Å². The van der Waals surface area contributed by atoms with Crippen LogP contribution in [0, 0.1) is 5.82 Å². The number of aliphatic hydroxyl groups excluding tert-OH is 1. The molecular weight excluding hydrogens is 267 g/mol. The van der Waals surface area contributed by atoms with Crippen LogP contribution in [0.25, 0.3) is 0 Å². The zero-order valence-electron chi connectivity index (χ0n) is 10.7. The van der Waals surface area contributed by atoms with E-state index in [9.17, 15) is 9.50 Å². The van der Waals surface area contributed by atoms with E-state index >= 15 is 0 Å². The van der Waals surface area contributed by atoms with Gasteiger partial charge in [0.1, 0.15) is 5.75 Å². The quantitative estimate of drug-likeness (QED) is 0.915. The average molecular weight is 282 g/mol. The lowest BCUT2D eigenvalue weighted by molar-refractivity contribution is 0.180. The molecule has 0 saturated carbocycles. The second-order valence-corrected chi connectivity index (χ2v) is 4.99. The van der Waals surface area contributed by atoms with E-state index in [1.54, 1.807) is 36.8 Å². The van der Waals surface area contributed by atoms with E-state index in [-0.39, 0.29) is 12.2 Å². The van der Waals surface area contributed by atoms with Gasteiger partial charge in [-0.25, -0.2) is 4.39 Å². The van der Waals surface area contributed by atoms with Gasteiger partial charge in [0.05, 0.1) is 20.3 Å². The molecule has 5 heteroatoms. The highest BCUT2D eigenvalue weighted by Gasteiger charge is 2.16. The van der Waals surface area contributed by atoms with E-state index in [1.807, 2.05) is 0 Å². The van der Waals surface area contributed by atoms with Crippen molar-refractivity contribution in [2.45, 2.75) is 12.5 Å². The molecule has 0 spiro atoms. The zero-order valence-corrected chi connectivity index (χ0v) is 11.5. The molecule has 1 atom stereocenters. The van der Waals surface area contributed by atoms with Gasteiger partial charge in [-0.1, -0.05) is 12.1 Å². The van der Waals surface area contributed by atoms with Crippen LogP contribution in [0.15, 0.2) is 29.6 Å². The standard InChI is InChI=1S/C14H15FO3S/c1-17-10-7-13(19-8-10)11(16)6-9-4-3-5-12(18-2)14(9)15/h3-5,7-8,11,16H,6H2,1-2H3. The van der Waals surface area contributed by atoms with Gasteiger partial charge in [-0.15, -0.1) is 11.3 Å². The maximum atomic E-state index is 14.0. The molecule has 19 heavy (non-hydrogen) atoms. The molecule has 1 aromatic heterocycles. The van der Waals surface area contributed by atoms with Gasteiger partial charge in [0.25, 0.3) is 0 Å². The van der Waals surface area contributed by atoms with Crippen LogP contribution in [-0.2, 0) is 6.42 Å². The van der Waals surface area contributed by atoms with Crippen LogP contribution in [0.2, 0.25) is 0 Å². The molecule has 1 heterocycles. The minimum Gasteiger partial charge on any atom is -0.496 e. The third-order valence-electron chi connectivity index (χ3n) is 2.84. The number of hydrogen-bond donors (Lipinski definition) is 1. The smallest absolute Gasteiger partial charge is 0.168 e. The van der Waals surface area contributed by atoms with Crippen molar-refractivity contribution in [3.63, 3.8) is 0 Å². The summed E-state index contributed by atoms with van der Waals surface area (Å²) < 4.78 is 23.9. The fourth-order valence-electron chi connectivity index (χ4n) is 1.80. The van der Waals surface area contributed by atoms with Gasteiger partial charge in [0.15, 0.2) is 11.6 Å². The molecule has 0 aliphatic carbocycles. The maximum Gasteiger partial charge on any atom is 0.168 e. The number of benzene rings is 1. The molecular formula is C14H15FO3S. The predicted molar refractivity (Wildman–Crippen MR) is 72.5 cm³/mol. The molecule has 102 valence electrons. The van der Waals surface area contributed by atoms with Crippen LogP contribution >= 0.6 is 11.3 Å². The lowest BCUT2D eigenvalue weighted by Gasteiger charge is -2.11. The predicted octanol–water partition coefficient (Wildman–Crippen LogP) is 3.18. The van der Waals surface area contributed by atoms with E-state index in [0.717, 1.165) is 4.88 Å². The second-order valence-electron chi connectivity index (χ2n) is 4.04. The number of methoxy groups -OCH3 is 2. The maximum absolute atomic E-state index is 14.0. The van der Waals surface area contributed by atoms with Crippen molar-refractivity contribution in [1.29, 1.82) is 0 Å². The first-order valence-corrected chi connectivity index (χ1v) is 6.65. The summed E-state index contributed by atoms with van der Waals surface area (Å²) in [5.41, 5.74) is 0.430. The molecule has 0 aliphatic heterocycles. The van der Waals surface area contributed by atoms with Crippen molar-refractivity contribution in [2.75, 3.05) is 14.2 Å². The number of rotatable bonds is 5. The zero-order chi connectivity index (χ0) is 13.8. The summed E-state index contributed by atoms with van der Waals surface area (Å²) in [6, 6.07) is 6.66. The van der Waals surface area contributed by atoms with Gasteiger partial charge < -0.3 is 14.6 Å². The van der Waals surface area contributed by atoms with Crippen molar-refractivity contribution in [3.05, 3.63) is 45.9 Å². The van der Waals surface area contributed by atoms with Crippen molar-refractivity contribution in [1.82, 2.24) is 0 Å². The monoisotopic (exact) mass is 282 g/mol. The van der Waals surface area contributed by atoms with Gasteiger partial charge in [-0.05, 0) is 17.7 Å². The lowest BCUT2D eigenvalue weighted by Crippen LogP contribution is -2.03. The summed E-state index contributed by atoms with van der Waals surface area (Å²) in [5.74, 6) is 0.464. The highest BCUT2D eigenvalue weighted by Crippen LogP contribution is 2.30. The Labute approximate surface area is 115 Å². The normalized spacial score (nSPS) is 12.2. The molecule has 1 N–H and O–H groups in total. The third kappa shape index (κ3) is 3.05. The summed E-state index contributed by atoms with van der Waals surface area (Å²) >= 11 is 1.39. The summed E-state index contributed by atoms with van der Waals surface area (Å²) in [4.78, 5) is 0.749. The highest BCUT2D eigenvalue weighted by atomic mass is 32.1. The Balaban J connectivity index is 2.16. The molecule has 0 fully saturated rings. The molecule has 0 saturated heterocycles. The Kier molecular flexibility index (Phi) is 4.39. The Bertz CT molecular complexity index is 553. The van der Waals surface area contributed by atoms with Gasteiger partial charge in [0, 0.05) is 16.7 Å². The van der Waals surface area contributed by atoms with Crippen molar-refractivity contribution in [2.24, 2.45) is 0 Å². The topological polar surface area (TPSA) is 38.7 Å². The van der Waals surface area contributed by atoms with Crippen LogP contribution in [0.3, 0.4) is 0 Å². The third-order valence-corrected chi connectivity index (χ3v) is 3.85. The molecule has 0 aliphatic rings. The number of ether oxygens (including phenoxy) is 2. The fraction of sp³-hybridized carbons (Fsp3) is 0.286. The van der Waals surface area contributed by atoms with Crippen LogP contribution in [-0.4, -0.2) is 19.3 Å². The summed E-state index contributed by atoms with van der Waals surface area (Å²) in [5, 5.41) is 11.9. The molecule has 2 rings (SSSR count). The van der Waals surface area contributed by atoms with E-state index in [1.165, 1.54) is 18.4 Å². The SMILES string of the molecule is COc1csc(C(O)Cc2cccc(OC)c2F)c1. The molecule has 3 nitrogen and oxygen atoms in total. The van der Waals surface area contributed by atoms with Gasteiger partial charge in [-0.3, -0.25) is 0 Å². The van der Waals surface area contributed by atoms with Gasteiger partial charge in [0.2, 0.25) is 0 Å². The van der Waals surface area contributed by atoms with Crippen LogP contribution in [0.5, 0.6) is 11.5 Å². The van der Waals surface area contributed by atoms with Crippen LogP contribution < -0.4 is 9.47 Å². The Morgan fingerprint density at radius 3 is 2.74 bits per heavy atom. The average Bonchev–Trinajstić information content (AvgIpc) is 2.90. The van der Waals surface area contributed by atoms with Gasteiger partial charge in [-0.2, -0.15) is 0 Å². The largest absolute Gasteiger partial charge is 0.496 e. The summed E-state index contributed by atoms with van der Waals surface area (Å²) in [7, 11) is 2.99. The minimum absolute atomic E-state index is 0.188. The van der Waals surface area contributed by atoms with E-state index in [4.69, 9.17) is 9.47 Å². The van der Waals surface area contributed by atoms with E-state index < -0.39 is 11.9 Å². The molecule has 0 radical (unpaired) electrons. The Morgan fingerprint density at radius 1 is 1.32 bits per heavy atom. The first kappa shape index (κ1) is 13.8. The van der Waals surface area contributed by atoms with Gasteiger partial charge >= 0.3 is 0 Å². The van der Waals surface area contributed by atoms with E-state index in [2.05, 4.69) is 0 Å². The first-order valence-electron chi connectivity index (χ1n) is 5.77.